The molecular weight excluding hydrogens is 268 g/mol. The number of amides is 1. The molecule has 106 valence electrons. The average molecular weight is 288 g/mol. The maximum absolute atomic E-state index is 11.1. The van der Waals surface area contributed by atoms with Gasteiger partial charge in [0.1, 0.15) is 0 Å². The molecule has 2 rings (SSSR count). The minimum atomic E-state index is -0.0256. The number of thiophene rings is 1. The first-order valence-corrected chi connectivity index (χ1v) is 7.64. The van der Waals surface area contributed by atoms with Gasteiger partial charge in [-0.2, -0.15) is 0 Å². The molecule has 1 aromatic heterocycles. The molecule has 0 fully saturated rings. The lowest BCUT2D eigenvalue weighted by atomic mass is 10.0. The summed E-state index contributed by atoms with van der Waals surface area (Å²) in [6.45, 7) is 5.45. The van der Waals surface area contributed by atoms with E-state index in [1.807, 2.05) is 17.5 Å². The van der Waals surface area contributed by atoms with E-state index in [0.29, 0.717) is 5.92 Å². The van der Waals surface area contributed by atoms with Crippen molar-refractivity contribution in [3.05, 3.63) is 52.2 Å². The van der Waals surface area contributed by atoms with Crippen LogP contribution in [0.3, 0.4) is 0 Å². The van der Waals surface area contributed by atoms with Crippen LogP contribution >= 0.6 is 11.3 Å². The molecule has 2 N–H and O–H groups in total. The van der Waals surface area contributed by atoms with Gasteiger partial charge in [-0.25, -0.2) is 0 Å². The maximum atomic E-state index is 11.1. The molecule has 0 aliphatic carbocycles. The zero-order chi connectivity index (χ0) is 14.4. The number of hydrogen-bond acceptors (Lipinski definition) is 3. The summed E-state index contributed by atoms with van der Waals surface area (Å²) in [6.07, 6.45) is 0. The number of carbonyl (C=O) groups excluding carboxylic acids is 1. The lowest BCUT2D eigenvalue weighted by Gasteiger charge is -2.13. The Morgan fingerprint density at radius 1 is 1.25 bits per heavy atom. The third-order valence-electron chi connectivity index (χ3n) is 3.16. The lowest BCUT2D eigenvalue weighted by molar-refractivity contribution is -0.114. The summed E-state index contributed by atoms with van der Waals surface area (Å²) in [5.41, 5.74) is 2.26. The van der Waals surface area contributed by atoms with Crippen molar-refractivity contribution in [3.63, 3.8) is 0 Å². The quantitative estimate of drug-likeness (QED) is 0.852. The van der Waals surface area contributed by atoms with Gasteiger partial charge in [0, 0.05) is 24.9 Å². The zero-order valence-corrected chi connectivity index (χ0v) is 12.7. The van der Waals surface area contributed by atoms with E-state index >= 15 is 0 Å². The molecule has 1 amide bonds. The molecule has 1 atom stereocenters. The first-order valence-electron chi connectivity index (χ1n) is 6.76. The molecule has 1 unspecified atom stereocenters. The molecule has 0 spiro atoms. The van der Waals surface area contributed by atoms with Crippen LogP contribution in [0.15, 0.2) is 41.8 Å². The second-order valence-electron chi connectivity index (χ2n) is 4.88. The maximum Gasteiger partial charge on any atom is 0.221 e. The van der Waals surface area contributed by atoms with E-state index in [0.717, 1.165) is 18.8 Å². The molecular formula is C16H20N2OS. The van der Waals surface area contributed by atoms with Crippen LogP contribution in [0.2, 0.25) is 0 Å². The van der Waals surface area contributed by atoms with Crippen molar-refractivity contribution < 1.29 is 4.79 Å². The summed E-state index contributed by atoms with van der Waals surface area (Å²) in [6, 6.07) is 12.4. The topological polar surface area (TPSA) is 41.1 Å². The second kappa shape index (κ2) is 7.22. The highest BCUT2D eigenvalue weighted by Gasteiger charge is 2.07. The monoisotopic (exact) mass is 288 g/mol. The Hall–Kier alpha value is -1.65. The van der Waals surface area contributed by atoms with Gasteiger partial charge >= 0.3 is 0 Å². The number of benzene rings is 1. The zero-order valence-electron chi connectivity index (χ0n) is 11.8. The van der Waals surface area contributed by atoms with E-state index in [-0.39, 0.29) is 5.91 Å². The van der Waals surface area contributed by atoms with Gasteiger partial charge in [0.15, 0.2) is 0 Å². The average Bonchev–Trinajstić information content (AvgIpc) is 2.86. The molecule has 0 saturated heterocycles. The summed E-state index contributed by atoms with van der Waals surface area (Å²) < 4.78 is 0. The summed E-state index contributed by atoms with van der Waals surface area (Å²) in [5, 5.41) is 8.32. The standard InChI is InChI=1S/C16H20N2OS/c1-12(14-6-4-3-5-7-14)10-17-11-16-15(8-9-20-16)18-13(2)19/h3-9,12,17H,10-11H2,1-2H3,(H,18,19). The van der Waals surface area contributed by atoms with Crippen molar-refractivity contribution in [2.75, 3.05) is 11.9 Å². The Morgan fingerprint density at radius 3 is 2.70 bits per heavy atom. The molecule has 0 aliphatic rings. The van der Waals surface area contributed by atoms with Crippen LogP contribution in [-0.4, -0.2) is 12.5 Å². The third kappa shape index (κ3) is 4.18. The van der Waals surface area contributed by atoms with Gasteiger partial charge in [-0.1, -0.05) is 37.3 Å². The Morgan fingerprint density at radius 2 is 2.00 bits per heavy atom. The molecule has 1 aromatic carbocycles. The van der Waals surface area contributed by atoms with Crippen LogP contribution in [0.1, 0.15) is 30.2 Å². The minimum Gasteiger partial charge on any atom is -0.325 e. The Kier molecular flexibility index (Phi) is 5.32. The predicted molar refractivity (Wildman–Crippen MR) is 85.2 cm³/mol. The van der Waals surface area contributed by atoms with Crippen molar-refractivity contribution in [1.29, 1.82) is 0 Å². The number of rotatable bonds is 6. The number of hydrogen-bond donors (Lipinski definition) is 2. The van der Waals surface area contributed by atoms with Gasteiger partial charge in [-0.15, -0.1) is 11.3 Å². The van der Waals surface area contributed by atoms with Crippen molar-refractivity contribution in [3.8, 4) is 0 Å². The molecule has 4 heteroatoms. The van der Waals surface area contributed by atoms with E-state index in [9.17, 15) is 4.79 Å². The highest BCUT2D eigenvalue weighted by atomic mass is 32.1. The fraction of sp³-hybridized carbons (Fsp3) is 0.312. The van der Waals surface area contributed by atoms with E-state index in [2.05, 4.69) is 41.8 Å². The Bertz CT molecular complexity index is 551. The minimum absolute atomic E-state index is 0.0256. The predicted octanol–water partition coefficient (Wildman–Crippen LogP) is 3.60. The molecule has 0 bridgehead atoms. The number of nitrogens with one attached hydrogen (secondary N) is 2. The summed E-state index contributed by atoms with van der Waals surface area (Å²) in [5.74, 6) is 0.447. The van der Waals surface area contributed by atoms with Gasteiger partial charge in [-0.05, 0) is 22.9 Å². The first-order chi connectivity index (χ1) is 9.66. The van der Waals surface area contributed by atoms with Gasteiger partial charge in [0.25, 0.3) is 0 Å². The Balaban J connectivity index is 1.84. The number of carbonyl (C=O) groups is 1. The Labute approximate surface area is 124 Å². The van der Waals surface area contributed by atoms with Crippen LogP contribution in [0.5, 0.6) is 0 Å². The van der Waals surface area contributed by atoms with E-state index in [1.165, 1.54) is 17.4 Å². The normalized spacial score (nSPS) is 12.1. The highest BCUT2D eigenvalue weighted by Crippen LogP contribution is 2.22. The lowest BCUT2D eigenvalue weighted by Crippen LogP contribution is -2.20. The van der Waals surface area contributed by atoms with Crippen LogP contribution in [0.4, 0.5) is 5.69 Å². The molecule has 20 heavy (non-hydrogen) atoms. The fourth-order valence-corrected chi connectivity index (χ4v) is 2.88. The summed E-state index contributed by atoms with van der Waals surface area (Å²) in [7, 11) is 0. The summed E-state index contributed by atoms with van der Waals surface area (Å²) >= 11 is 1.66. The van der Waals surface area contributed by atoms with Crippen molar-refractivity contribution >= 4 is 22.9 Å². The first kappa shape index (κ1) is 14.8. The van der Waals surface area contributed by atoms with Gasteiger partial charge in [-0.3, -0.25) is 4.79 Å². The van der Waals surface area contributed by atoms with Crippen molar-refractivity contribution in [2.24, 2.45) is 0 Å². The van der Waals surface area contributed by atoms with Gasteiger partial charge < -0.3 is 10.6 Å². The largest absolute Gasteiger partial charge is 0.325 e. The second-order valence-corrected chi connectivity index (χ2v) is 5.88. The van der Waals surface area contributed by atoms with Crippen LogP contribution in [0.25, 0.3) is 0 Å². The molecule has 2 aromatic rings. The molecule has 0 radical (unpaired) electrons. The molecule has 3 nitrogen and oxygen atoms in total. The molecule has 0 aliphatic heterocycles. The number of anilines is 1. The van der Waals surface area contributed by atoms with Crippen molar-refractivity contribution in [1.82, 2.24) is 5.32 Å². The van der Waals surface area contributed by atoms with E-state index in [4.69, 9.17) is 0 Å². The summed E-state index contributed by atoms with van der Waals surface area (Å²) in [4.78, 5) is 12.3. The fourth-order valence-electron chi connectivity index (χ4n) is 2.08. The molecule has 1 heterocycles. The molecule has 0 saturated carbocycles. The van der Waals surface area contributed by atoms with Crippen LogP contribution < -0.4 is 10.6 Å². The third-order valence-corrected chi connectivity index (χ3v) is 4.08. The van der Waals surface area contributed by atoms with E-state index in [1.54, 1.807) is 11.3 Å². The highest BCUT2D eigenvalue weighted by molar-refractivity contribution is 7.10. The van der Waals surface area contributed by atoms with E-state index < -0.39 is 0 Å². The van der Waals surface area contributed by atoms with Crippen molar-refractivity contribution in [2.45, 2.75) is 26.3 Å². The smallest absolute Gasteiger partial charge is 0.221 e. The SMILES string of the molecule is CC(=O)Nc1ccsc1CNCC(C)c1ccccc1. The van der Waals surface area contributed by atoms with Crippen LogP contribution in [0, 0.1) is 0 Å². The van der Waals surface area contributed by atoms with Gasteiger partial charge in [0.2, 0.25) is 5.91 Å². The van der Waals surface area contributed by atoms with Crippen LogP contribution in [-0.2, 0) is 11.3 Å². The van der Waals surface area contributed by atoms with Gasteiger partial charge in [0.05, 0.1) is 5.69 Å².